The van der Waals surface area contributed by atoms with Crippen LogP contribution in [0.15, 0.2) is 17.0 Å². The zero-order valence-corrected chi connectivity index (χ0v) is 13.0. The van der Waals surface area contributed by atoms with Gasteiger partial charge < -0.3 is 10.4 Å². The Balaban J connectivity index is 2.05. The van der Waals surface area contributed by atoms with Gasteiger partial charge in [0.2, 0.25) is 0 Å². The lowest BCUT2D eigenvalue weighted by atomic mass is 9.80. The smallest absolute Gasteiger partial charge is 0.306 e. The van der Waals surface area contributed by atoms with E-state index >= 15 is 0 Å². The van der Waals surface area contributed by atoms with Gasteiger partial charge in [-0.25, -0.2) is 0 Å². The molecule has 0 atom stereocenters. The maximum atomic E-state index is 12.1. The highest BCUT2D eigenvalue weighted by molar-refractivity contribution is 7.98. The van der Waals surface area contributed by atoms with Crippen LogP contribution >= 0.6 is 35.0 Å². The van der Waals surface area contributed by atoms with Crippen molar-refractivity contribution >= 4 is 46.8 Å². The van der Waals surface area contributed by atoms with Crippen LogP contribution in [0.1, 0.15) is 23.2 Å². The van der Waals surface area contributed by atoms with Gasteiger partial charge in [0.05, 0.1) is 21.5 Å². The molecule has 0 unspecified atom stereocenters. The fourth-order valence-electron chi connectivity index (χ4n) is 2.06. The average Bonchev–Trinajstić information content (AvgIpc) is 2.32. The van der Waals surface area contributed by atoms with Gasteiger partial charge in [-0.1, -0.05) is 23.2 Å². The first-order chi connectivity index (χ1) is 9.42. The molecule has 7 heteroatoms. The first kappa shape index (κ1) is 15.5. The summed E-state index contributed by atoms with van der Waals surface area (Å²) < 4.78 is 0. The quantitative estimate of drug-likeness (QED) is 0.829. The number of carboxylic acid groups (broad SMARTS) is 1. The molecular weight excluding hydrogens is 321 g/mol. The Bertz CT molecular complexity index is 559. The maximum Gasteiger partial charge on any atom is 0.306 e. The second kappa shape index (κ2) is 6.24. The lowest BCUT2D eigenvalue weighted by Crippen LogP contribution is -2.46. The lowest BCUT2D eigenvalue weighted by molar-refractivity contribution is -0.145. The molecule has 2 rings (SSSR count). The van der Waals surface area contributed by atoms with Crippen molar-refractivity contribution in [1.82, 2.24) is 5.32 Å². The van der Waals surface area contributed by atoms with Crippen molar-refractivity contribution in [3.63, 3.8) is 0 Å². The van der Waals surface area contributed by atoms with Crippen LogP contribution in [0.3, 0.4) is 0 Å². The third kappa shape index (κ3) is 3.22. The van der Waals surface area contributed by atoms with Crippen LogP contribution in [0.5, 0.6) is 0 Å². The van der Waals surface area contributed by atoms with Gasteiger partial charge in [-0.2, -0.15) is 0 Å². The molecule has 20 heavy (non-hydrogen) atoms. The topological polar surface area (TPSA) is 66.4 Å². The van der Waals surface area contributed by atoms with Gasteiger partial charge in [-0.15, -0.1) is 11.8 Å². The number of halogens is 2. The number of hydrogen-bond acceptors (Lipinski definition) is 3. The van der Waals surface area contributed by atoms with E-state index < -0.39 is 5.97 Å². The minimum Gasteiger partial charge on any atom is -0.481 e. The van der Waals surface area contributed by atoms with E-state index in [0.29, 0.717) is 28.5 Å². The Labute approximate surface area is 130 Å². The van der Waals surface area contributed by atoms with Crippen molar-refractivity contribution in [2.45, 2.75) is 23.8 Å². The molecule has 1 saturated carbocycles. The molecule has 1 fully saturated rings. The van der Waals surface area contributed by atoms with Crippen LogP contribution in [-0.4, -0.2) is 29.3 Å². The van der Waals surface area contributed by atoms with E-state index in [-0.39, 0.29) is 17.9 Å². The number of hydrogen-bond donors (Lipinski definition) is 2. The maximum absolute atomic E-state index is 12.1. The highest BCUT2D eigenvalue weighted by atomic mass is 35.5. The van der Waals surface area contributed by atoms with Gasteiger partial charge in [0.1, 0.15) is 0 Å². The predicted molar refractivity (Wildman–Crippen MR) is 79.9 cm³/mol. The molecule has 1 aromatic carbocycles. The number of rotatable bonds is 4. The number of nitrogens with one attached hydrogen (secondary N) is 1. The predicted octanol–water partition coefficient (Wildman–Crippen LogP) is 3.31. The van der Waals surface area contributed by atoms with Crippen LogP contribution in [0.4, 0.5) is 0 Å². The Morgan fingerprint density at radius 1 is 1.30 bits per heavy atom. The Morgan fingerprint density at radius 2 is 1.95 bits per heavy atom. The third-order valence-corrected chi connectivity index (χ3v) is 4.82. The number of carboxylic acids is 1. The summed E-state index contributed by atoms with van der Waals surface area (Å²) >= 11 is 13.5. The summed E-state index contributed by atoms with van der Waals surface area (Å²) in [5.74, 6) is -1.47. The van der Waals surface area contributed by atoms with E-state index in [0.717, 1.165) is 4.90 Å². The van der Waals surface area contributed by atoms with Crippen molar-refractivity contribution in [3.8, 4) is 0 Å². The van der Waals surface area contributed by atoms with Crippen LogP contribution in [0, 0.1) is 5.92 Å². The van der Waals surface area contributed by atoms with E-state index in [2.05, 4.69) is 5.32 Å². The van der Waals surface area contributed by atoms with E-state index in [1.54, 1.807) is 12.1 Å². The lowest BCUT2D eigenvalue weighted by Gasteiger charge is -2.32. The van der Waals surface area contributed by atoms with E-state index in [9.17, 15) is 9.59 Å². The molecule has 0 heterocycles. The Kier molecular flexibility index (Phi) is 4.83. The van der Waals surface area contributed by atoms with Gasteiger partial charge in [0, 0.05) is 10.9 Å². The second-order valence-electron chi connectivity index (χ2n) is 4.64. The average molecular weight is 334 g/mol. The van der Waals surface area contributed by atoms with Gasteiger partial charge >= 0.3 is 5.97 Å². The number of aliphatic carboxylic acids is 1. The van der Waals surface area contributed by atoms with Gasteiger partial charge in [0.15, 0.2) is 0 Å². The molecule has 0 saturated heterocycles. The summed E-state index contributed by atoms with van der Waals surface area (Å²) in [7, 11) is 0. The molecule has 108 valence electrons. The normalized spacial score (nSPS) is 21.1. The minimum absolute atomic E-state index is 0.104. The standard InChI is InChI=1S/C13H13Cl2NO3S/c1-20-11-4-8(9(14)5-10(11)15)12(17)16-7-2-6(3-7)13(18)19/h4-7H,2-3H2,1H3,(H,16,17)(H,18,19). The number of thioether (sulfide) groups is 1. The third-order valence-electron chi connectivity index (χ3n) is 3.31. The molecular formula is C13H13Cl2NO3S. The number of carbonyl (C=O) groups is 2. The summed E-state index contributed by atoms with van der Waals surface area (Å²) in [5, 5.41) is 12.4. The minimum atomic E-state index is -0.815. The fourth-order valence-corrected chi connectivity index (χ4v) is 3.25. The Hall–Kier alpha value is -0.910. The zero-order chi connectivity index (χ0) is 14.9. The van der Waals surface area contributed by atoms with Crippen molar-refractivity contribution in [3.05, 3.63) is 27.7 Å². The number of benzene rings is 1. The summed E-state index contributed by atoms with van der Waals surface area (Å²) in [6.45, 7) is 0. The van der Waals surface area contributed by atoms with Gasteiger partial charge in [-0.3, -0.25) is 9.59 Å². The molecule has 1 amide bonds. The molecule has 1 aliphatic rings. The molecule has 2 N–H and O–H groups in total. The molecule has 4 nitrogen and oxygen atoms in total. The fraction of sp³-hybridized carbons (Fsp3) is 0.385. The van der Waals surface area contributed by atoms with Crippen molar-refractivity contribution in [1.29, 1.82) is 0 Å². The van der Waals surface area contributed by atoms with Crippen molar-refractivity contribution < 1.29 is 14.7 Å². The first-order valence-electron chi connectivity index (χ1n) is 5.99. The molecule has 1 aromatic rings. The SMILES string of the molecule is CSc1cc(C(=O)NC2CC(C(=O)O)C2)c(Cl)cc1Cl. The highest BCUT2D eigenvalue weighted by Gasteiger charge is 2.35. The highest BCUT2D eigenvalue weighted by Crippen LogP contribution is 2.32. The molecule has 0 aromatic heterocycles. The largest absolute Gasteiger partial charge is 0.481 e. The molecule has 0 spiro atoms. The van der Waals surface area contributed by atoms with E-state index in [1.807, 2.05) is 6.26 Å². The van der Waals surface area contributed by atoms with Gasteiger partial charge in [0.25, 0.3) is 5.91 Å². The molecule has 0 bridgehead atoms. The summed E-state index contributed by atoms with van der Waals surface area (Å²) in [6.07, 6.45) is 2.78. The summed E-state index contributed by atoms with van der Waals surface area (Å²) in [4.78, 5) is 23.6. The summed E-state index contributed by atoms with van der Waals surface area (Å²) in [5.41, 5.74) is 0.360. The van der Waals surface area contributed by atoms with E-state index in [4.69, 9.17) is 28.3 Å². The molecule has 0 aliphatic heterocycles. The first-order valence-corrected chi connectivity index (χ1v) is 7.97. The molecule has 1 aliphatic carbocycles. The second-order valence-corrected chi connectivity index (χ2v) is 6.31. The van der Waals surface area contributed by atoms with Crippen LogP contribution in [0.2, 0.25) is 10.0 Å². The summed E-state index contributed by atoms with van der Waals surface area (Å²) in [6, 6.07) is 3.09. The zero-order valence-electron chi connectivity index (χ0n) is 10.7. The Morgan fingerprint density at radius 3 is 2.50 bits per heavy atom. The monoisotopic (exact) mass is 333 g/mol. The number of carbonyl (C=O) groups excluding carboxylic acids is 1. The van der Waals surface area contributed by atoms with E-state index in [1.165, 1.54) is 11.8 Å². The van der Waals surface area contributed by atoms with Crippen LogP contribution in [-0.2, 0) is 4.79 Å². The van der Waals surface area contributed by atoms with Crippen LogP contribution in [0.25, 0.3) is 0 Å². The van der Waals surface area contributed by atoms with Crippen molar-refractivity contribution in [2.75, 3.05) is 6.26 Å². The van der Waals surface area contributed by atoms with Crippen LogP contribution < -0.4 is 5.32 Å². The molecule has 0 radical (unpaired) electrons. The number of amides is 1. The van der Waals surface area contributed by atoms with Gasteiger partial charge in [-0.05, 0) is 31.2 Å². The van der Waals surface area contributed by atoms with Crippen molar-refractivity contribution in [2.24, 2.45) is 5.92 Å².